The third-order valence-corrected chi connectivity index (χ3v) is 3.44. The van der Waals surface area contributed by atoms with Gasteiger partial charge in [0.2, 0.25) is 5.95 Å². The van der Waals surface area contributed by atoms with Gasteiger partial charge in [0.25, 0.3) is 0 Å². The molecule has 1 unspecified atom stereocenters. The zero-order valence-corrected chi connectivity index (χ0v) is 10.1. The Balaban J connectivity index is 1.94. The minimum atomic E-state index is 0.370. The van der Waals surface area contributed by atoms with E-state index in [1.807, 2.05) is 13.0 Å². The van der Waals surface area contributed by atoms with Gasteiger partial charge in [-0.05, 0) is 25.8 Å². The van der Waals surface area contributed by atoms with Crippen LogP contribution in [0.25, 0.3) is 0 Å². The van der Waals surface area contributed by atoms with Crippen LogP contribution < -0.4 is 11.3 Å². The van der Waals surface area contributed by atoms with E-state index in [9.17, 15) is 0 Å². The maximum absolute atomic E-state index is 5.56. The Bertz CT molecular complexity index is 355. The molecule has 2 rings (SSSR count). The van der Waals surface area contributed by atoms with Gasteiger partial charge in [-0.3, -0.25) is 5.43 Å². The average molecular weight is 240 g/mol. The molecule has 3 N–H and O–H groups in total. The van der Waals surface area contributed by atoms with Crippen LogP contribution in [0.5, 0.6) is 0 Å². The highest BCUT2D eigenvalue weighted by atomic mass is 32.2. The van der Waals surface area contributed by atoms with Gasteiger partial charge in [0.1, 0.15) is 5.03 Å². The predicted octanol–water partition coefficient (Wildman–Crippen LogP) is 1.34. The maximum Gasteiger partial charge on any atom is 0.238 e. The van der Waals surface area contributed by atoms with Crippen molar-refractivity contribution in [3.05, 3.63) is 11.8 Å². The molecule has 0 aliphatic carbocycles. The quantitative estimate of drug-likeness (QED) is 0.358. The number of ether oxygens (including phenoxy) is 1. The molecule has 0 amide bonds. The summed E-state index contributed by atoms with van der Waals surface area (Å²) in [5.41, 5.74) is 3.38. The summed E-state index contributed by atoms with van der Waals surface area (Å²) in [6.07, 6.45) is 2.69. The summed E-state index contributed by atoms with van der Waals surface area (Å²) in [6.45, 7) is 2.82. The van der Waals surface area contributed by atoms with Gasteiger partial charge in [0, 0.05) is 18.1 Å². The number of hydrogen-bond donors (Lipinski definition) is 2. The molecule has 1 aliphatic heterocycles. The van der Waals surface area contributed by atoms with Crippen molar-refractivity contribution >= 4 is 17.7 Å². The number of thioether (sulfide) groups is 1. The molecule has 0 aromatic carbocycles. The van der Waals surface area contributed by atoms with Crippen molar-refractivity contribution in [3.8, 4) is 0 Å². The highest BCUT2D eigenvalue weighted by Gasteiger charge is 2.16. The molecule has 1 aromatic rings. The monoisotopic (exact) mass is 240 g/mol. The van der Waals surface area contributed by atoms with E-state index in [0.29, 0.717) is 12.1 Å². The first-order valence-corrected chi connectivity index (χ1v) is 6.33. The van der Waals surface area contributed by atoms with Gasteiger partial charge in [-0.15, -0.1) is 11.8 Å². The molecular formula is C10H16N4OS. The number of nitrogens with zero attached hydrogens (tertiary/aromatic N) is 2. The van der Waals surface area contributed by atoms with Crippen LogP contribution in [0, 0.1) is 6.92 Å². The van der Waals surface area contributed by atoms with E-state index < -0.39 is 0 Å². The first kappa shape index (κ1) is 11.6. The van der Waals surface area contributed by atoms with Gasteiger partial charge < -0.3 is 4.74 Å². The fourth-order valence-corrected chi connectivity index (χ4v) is 2.66. The second-order valence-corrected chi connectivity index (χ2v) is 4.80. The Labute approximate surface area is 99.2 Å². The van der Waals surface area contributed by atoms with E-state index >= 15 is 0 Å². The molecule has 1 aliphatic rings. The Morgan fingerprint density at radius 1 is 1.62 bits per heavy atom. The molecule has 1 fully saturated rings. The van der Waals surface area contributed by atoms with Gasteiger partial charge >= 0.3 is 0 Å². The lowest BCUT2D eigenvalue weighted by Crippen LogP contribution is -2.12. The average Bonchev–Trinajstić information content (AvgIpc) is 2.78. The number of aromatic nitrogens is 2. The zero-order valence-electron chi connectivity index (χ0n) is 9.27. The highest BCUT2D eigenvalue weighted by molar-refractivity contribution is 7.99. The Morgan fingerprint density at radius 3 is 3.19 bits per heavy atom. The van der Waals surface area contributed by atoms with Crippen molar-refractivity contribution in [2.45, 2.75) is 30.9 Å². The summed E-state index contributed by atoms with van der Waals surface area (Å²) in [7, 11) is 0. The first-order valence-electron chi connectivity index (χ1n) is 5.34. The second-order valence-electron chi connectivity index (χ2n) is 3.76. The molecular weight excluding hydrogens is 224 g/mol. The van der Waals surface area contributed by atoms with Crippen molar-refractivity contribution in [3.63, 3.8) is 0 Å². The molecule has 1 atom stereocenters. The molecule has 1 saturated heterocycles. The molecule has 2 heterocycles. The number of nitrogens with two attached hydrogens (primary N) is 1. The first-order chi connectivity index (χ1) is 7.78. The van der Waals surface area contributed by atoms with Crippen LogP contribution in [0.3, 0.4) is 0 Å². The number of nitrogens with one attached hydrogen (secondary N) is 1. The van der Waals surface area contributed by atoms with Gasteiger partial charge in [0.05, 0.1) is 6.10 Å². The van der Waals surface area contributed by atoms with Crippen molar-refractivity contribution in [1.82, 2.24) is 9.97 Å². The molecule has 0 bridgehead atoms. The minimum absolute atomic E-state index is 0.370. The number of nitrogen functional groups attached to an aromatic ring is 1. The van der Waals surface area contributed by atoms with Crippen LogP contribution in [0.15, 0.2) is 11.1 Å². The van der Waals surface area contributed by atoms with E-state index in [4.69, 9.17) is 10.6 Å². The Hall–Kier alpha value is -0.850. The van der Waals surface area contributed by atoms with E-state index in [-0.39, 0.29) is 0 Å². The number of rotatable bonds is 4. The van der Waals surface area contributed by atoms with Gasteiger partial charge in [-0.1, -0.05) is 0 Å². The van der Waals surface area contributed by atoms with Crippen molar-refractivity contribution < 1.29 is 4.74 Å². The van der Waals surface area contributed by atoms with Crippen LogP contribution in [-0.4, -0.2) is 28.4 Å². The van der Waals surface area contributed by atoms with Crippen LogP contribution >= 0.6 is 11.8 Å². The normalized spacial score (nSPS) is 20.0. The second kappa shape index (κ2) is 5.47. The molecule has 1 aromatic heterocycles. The maximum atomic E-state index is 5.56. The minimum Gasteiger partial charge on any atom is -0.377 e. The van der Waals surface area contributed by atoms with E-state index in [0.717, 1.165) is 29.5 Å². The molecule has 6 heteroatoms. The van der Waals surface area contributed by atoms with Crippen molar-refractivity contribution in [1.29, 1.82) is 0 Å². The summed E-state index contributed by atoms with van der Waals surface area (Å²) in [5, 5.41) is 0.941. The largest absolute Gasteiger partial charge is 0.377 e. The molecule has 0 spiro atoms. The fourth-order valence-electron chi connectivity index (χ4n) is 1.63. The number of aryl methyl sites for hydroxylation is 1. The molecule has 5 nitrogen and oxygen atoms in total. The van der Waals surface area contributed by atoms with E-state index in [1.54, 1.807) is 11.8 Å². The third kappa shape index (κ3) is 3.07. The Kier molecular flexibility index (Phi) is 3.98. The summed E-state index contributed by atoms with van der Waals surface area (Å²) >= 11 is 1.69. The zero-order chi connectivity index (χ0) is 11.4. The summed E-state index contributed by atoms with van der Waals surface area (Å²) < 4.78 is 5.56. The molecule has 0 radical (unpaired) electrons. The van der Waals surface area contributed by atoms with Gasteiger partial charge in [0.15, 0.2) is 0 Å². The highest BCUT2D eigenvalue weighted by Crippen LogP contribution is 2.23. The lowest BCUT2D eigenvalue weighted by Gasteiger charge is -2.09. The van der Waals surface area contributed by atoms with Crippen LogP contribution in [0.4, 0.5) is 5.95 Å². The van der Waals surface area contributed by atoms with Crippen molar-refractivity contribution in [2.24, 2.45) is 5.84 Å². The number of hydrazine groups is 1. The van der Waals surface area contributed by atoms with Gasteiger partial charge in [-0.2, -0.15) is 0 Å². The third-order valence-electron chi connectivity index (χ3n) is 2.40. The lowest BCUT2D eigenvalue weighted by molar-refractivity contribution is 0.129. The smallest absolute Gasteiger partial charge is 0.238 e. The summed E-state index contributed by atoms with van der Waals surface area (Å²) in [6, 6.07) is 1.96. The van der Waals surface area contributed by atoms with Crippen LogP contribution in [0.1, 0.15) is 18.5 Å². The van der Waals surface area contributed by atoms with E-state index in [2.05, 4.69) is 15.4 Å². The number of anilines is 1. The molecule has 88 valence electrons. The van der Waals surface area contributed by atoms with Crippen LogP contribution in [-0.2, 0) is 4.74 Å². The lowest BCUT2D eigenvalue weighted by atomic mass is 10.3. The van der Waals surface area contributed by atoms with E-state index in [1.165, 1.54) is 6.42 Å². The molecule has 0 saturated carbocycles. The van der Waals surface area contributed by atoms with Crippen molar-refractivity contribution in [2.75, 3.05) is 17.8 Å². The topological polar surface area (TPSA) is 73.1 Å². The van der Waals surface area contributed by atoms with Crippen LogP contribution in [0.2, 0.25) is 0 Å². The Morgan fingerprint density at radius 2 is 2.50 bits per heavy atom. The summed E-state index contributed by atoms with van der Waals surface area (Å²) in [5.74, 6) is 6.71. The SMILES string of the molecule is Cc1cc(SCC2CCCO2)nc(NN)n1. The van der Waals surface area contributed by atoms with Gasteiger partial charge in [-0.25, -0.2) is 15.8 Å². The standard InChI is InChI=1S/C10H16N4OS/c1-7-5-9(13-10(12-7)14-11)16-6-8-3-2-4-15-8/h5,8H,2-4,6,11H2,1H3,(H,12,13,14). The fraction of sp³-hybridized carbons (Fsp3) is 0.600. The number of hydrogen-bond acceptors (Lipinski definition) is 6. The summed E-state index contributed by atoms with van der Waals surface area (Å²) in [4.78, 5) is 8.41. The predicted molar refractivity (Wildman–Crippen MR) is 64.3 cm³/mol. The molecule has 16 heavy (non-hydrogen) atoms.